The van der Waals surface area contributed by atoms with E-state index in [1.54, 1.807) is 18.5 Å². The van der Waals surface area contributed by atoms with Gasteiger partial charge in [0.2, 0.25) is 0 Å². The molecule has 0 radical (unpaired) electrons. The van der Waals surface area contributed by atoms with Crippen LogP contribution in [-0.2, 0) is 0 Å². The van der Waals surface area contributed by atoms with Gasteiger partial charge in [-0.1, -0.05) is 13.8 Å². The van der Waals surface area contributed by atoms with E-state index in [1.165, 1.54) is 4.68 Å². The molecule has 84 valence electrons. The van der Waals surface area contributed by atoms with Gasteiger partial charge in [-0.05, 0) is 18.9 Å². The first-order chi connectivity index (χ1) is 7.61. The zero-order chi connectivity index (χ0) is 11.7. The van der Waals surface area contributed by atoms with Gasteiger partial charge in [0.05, 0.1) is 0 Å². The molecule has 2 rings (SSSR count). The van der Waals surface area contributed by atoms with Crippen molar-refractivity contribution < 1.29 is 0 Å². The first-order valence-electron chi connectivity index (χ1n) is 5.20. The molecule has 0 atom stereocenters. The number of aromatic amines is 1. The van der Waals surface area contributed by atoms with Gasteiger partial charge in [0, 0.05) is 23.7 Å². The summed E-state index contributed by atoms with van der Waals surface area (Å²) in [7, 11) is 0. The fourth-order valence-corrected chi connectivity index (χ4v) is 1.79. The second-order valence-electron chi connectivity index (χ2n) is 3.99. The number of rotatable bonds is 2. The molecule has 0 saturated heterocycles. The highest BCUT2D eigenvalue weighted by molar-refractivity contribution is 5.23. The van der Waals surface area contributed by atoms with E-state index >= 15 is 0 Å². The van der Waals surface area contributed by atoms with Gasteiger partial charge in [-0.15, -0.1) is 0 Å². The summed E-state index contributed by atoms with van der Waals surface area (Å²) in [4.78, 5) is 20.2. The van der Waals surface area contributed by atoms with Gasteiger partial charge < -0.3 is 0 Å². The van der Waals surface area contributed by atoms with E-state index in [0.29, 0.717) is 5.95 Å². The lowest BCUT2D eigenvalue weighted by molar-refractivity contribution is 0.770. The van der Waals surface area contributed by atoms with Gasteiger partial charge in [-0.2, -0.15) is 4.68 Å². The molecule has 0 unspecified atom stereocenters. The average molecular weight is 218 g/mol. The Labute approximate surface area is 93.2 Å². The molecule has 16 heavy (non-hydrogen) atoms. The fraction of sp³-hybridized carbons (Fsp3) is 0.364. The van der Waals surface area contributed by atoms with Gasteiger partial charge in [0.1, 0.15) is 0 Å². The maximum atomic E-state index is 12.1. The molecule has 0 aliphatic carbocycles. The Balaban J connectivity index is 2.61. The molecule has 2 aromatic heterocycles. The highest BCUT2D eigenvalue weighted by Gasteiger charge is 2.15. The third kappa shape index (κ3) is 1.64. The Bertz CT molecular complexity index is 539. The average Bonchev–Trinajstić information content (AvgIpc) is 2.55. The third-order valence-electron chi connectivity index (χ3n) is 2.45. The van der Waals surface area contributed by atoms with Crippen LogP contribution in [0.3, 0.4) is 0 Å². The SMILES string of the molecule is Cc1[nH]n(-c2ncccn2)c(=O)c1C(C)C. The molecule has 0 fully saturated rings. The first-order valence-corrected chi connectivity index (χ1v) is 5.20. The summed E-state index contributed by atoms with van der Waals surface area (Å²) in [6.07, 6.45) is 3.22. The highest BCUT2D eigenvalue weighted by Crippen LogP contribution is 2.13. The molecule has 0 aromatic carbocycles. The van der Waals surface area contributed by atoms with E-state index in [4.69, 9.17) is 0 Å². The van der Waals surface area contributed by atoms with Gasteiger partial charge >= 0.3 is 0 Å². The van der Waals surface area contributed by atoms with Crippen LogP contribution >= 0.6 is 0 Å². The molecule has 0 aliphatic rings. The van der Waals surface area contributed by atoms with Crippen LogP contribution in [0.1, 0.15) is 31.0 Å². The Morgan fingerprint density at radius 3 is 2.44 bits per heavy atom. The zero-order valence-electron chi connectivity index (χ0n) is 9.56. The van der Waals surface area contributed by atoms with Crippen molar-refractivity contribution >= 4 is 0 Å². The lowest BCUT2D eigenvalue weighted by atomic mass is 10.1. The molecule has 5 nitrogen and oxygen atoms in total. The monoisotopic (exact) mass is 218 g/mol. The van der Waals surface area contributed by atoms with Gasteiger partial charge in [0.15, 0.2) is 0 Å². The summed E-state index contributed by atoms with van der Waals surface area (Å²) in [6, 6.07) is 1.72. The molecular weight excluding hydrogens is 204 g/mol. The normalized spacial score (nSPS) is 11.0. The van der Waals surface area contributed by atoms with Gasteiger partial charge in [-0.25, -0.2) is 9.97 Å². The van der Waals surface area contributed by atoms with E-state index in [0.717, 1.165) is 11.3 Å². The van der Waals surface area contributed by atoms with E-state index in [9.17, 15) is 4.79 Å². The van der Waals surface area contributed by atoms with E-state index in [1.807, 2.05) is 20.8 Å². The number of aromatic nitrogens is 4. The number of nitrogens with zero attached hydrogens (tertiary/aromatic N) is 3. The molecule has 0 amide bonds. The second-order valence-corrected chi connectivity index (χ2v) is 3.99. The quantitative estimate of drug-likeness (QED) is 0.828. The highest BCUT2D eigenvalue weighted by atomic mass is 16.1. The van der Waals surface area contributed by atoms with E-state index < -0.39 is 0 Å². The molecule has 0 bridgehead atoms. The van der Waals surface area contributed by atoms with Crippen molar-refractivity contribution in [1.82, 2.24) is 19.7 Å². The number of hydrogen-bond donors (Lipinski definition) is 1. The summed E-state index contributed by atoms with van der Waals surface area (Å²) in [5.74, 6) is 0.566. The van der Waals surface area contributed by atoms with Crippen LogP contribution in [0.2, 0.25) is 0 Å². The molecule has 0 spiro atoms. The molecule has 2 heterocycles. The van der Waals surface area contributed by atoms with Crippen LogP contribution in [0.4, 0.5) is 0 Å². The number of H-pyrrole nitrogens is 1. The Morgan fingerprint density at radius 2 is 1.94 bits per heavy atom. The maximum absolute atomic E-state index is 12.1. The second kappa shape index (κ2) is 3.92. The summed E-state index contributed by atoms with van der Waals surface area (Å²) in [6.45, 7) is 5.87. The Morgan fingerprint density at radius 1 is 1.31 bits per heavy atom. The molecule has 1 N–H and O–H groups in total. The first kappa shape index (κ1) is 10.6. The fourth-order valence-electron chi connectivity index (χ4n) is 1.79. The van der Waals surface area contributed by atoms with Crippen LogP contribution in [-0.4, -0.2) is 19.7 Å². The Kier molecular flexibility index (Phi) is 2.60. The van der Waals surface area contributed by atoms with Crippen molar-refractivity contribution in [1.29, 1.82) is 0 Å². The van der Waals surface area contributed by atoms with Gasteiger partial charge in [0.25, 0.3) is 11.5 Å². The van der Waals surface area contributed by atoms with Crippen molar-refractivity contribution in [3.8, 4) is 5.95 Å². The van der Waals surface area contributed by atoms with Crippen LogP contribution in [0.25, 0.3) is 5.95 Å². The molecule has 0 saturated carbocycles. The van der Waals surface area contributed by atoms with Crippen molar-refractivity contribution in [2.24, 2.45) is 0 Å². The van der Waals surface area contributed by atoms with Gasteiger partial charge in [-0.3, -0.25) is 9.89 Å². The largest absolute Gasteiger partial charge is 0.292 e. The minimum absolute atomic E-state index is 0.0706. The van der Waals surface area contributed by atoms with E-state index in [-0.39, 0.29) is 11.5 Å². The molecule has 2 aromatic rings. The Hall–Kier alpha value is -1.91. The predicted molar refractivity (Wildman–Crippen MR) is 60.8 cm³/mol. The lowest BCUT2D eigenvalue weighted by Crippen LogP contribution is -2.19. The third-order valence-corrected chi connectivity index (χ3v) is 2.45. The van der Waals surface area contributed by atoms with Crippen molar-refractivity contribution in [2.75, 3.05) is 0 Å². The van der Waals surface area contributed by atoms with Crippen molar-refractivity contribution in [3.63, 3.8) is 0 Å². The summed E-state index contributed by atoms with van der Waals surface area (Å²) in [5.41, 5.74) is 1.58. The van der Waals surface area contributed by atoms with Crippen molar-refractivity contribution in [2.45, 2.75) is 26.7 Å². The molecular formula is C11H14N4O. The topological polar surface area (TPSA) is 63.6 Å². The lowest BCUT2D eigenvalue weighted by Gasteiger charge is -1.99. The molecule has 0 aliphatic heterocycles. The zero-order valence-corrected chi connectivity index (χ0v) is 9.56. The standard InChI is InChI=1S/C11H14N4O/c1-7(2)9-8(3)14-15(10(9)16)11-12-5-4-6-13-11/h4-7,14H,1-3H3. The summed E-state index contributed by atoms with van der Waals surface area (Å²) >= 11 is 0. The summed E-state index contributed by atoms with van der Waals surface area (Å²) < 4.78 is 1.38. The van der Waals surface area contributed by atoms with Crippen LogP contribution in [0.15, 0.2) is 23.3 Å². The van der Waals surface area contributed by atoms with Crippen LogP contribution < -0.4 is 5.56 Å². The minimum atomic E-state index is -0.0706. The van der Waals surface area contributed by atoms with Crippen LogP contribution in [0.5, 0.6) is 0 Å². The summed E-state index contributed by atoms with van der Waals surface area (Å²) in [5, 5.41) is 2.99. The number of aryl methyl sites for hydroxylation is 1. The van der Waals surface area contributed by atoms with Crippen molar-refractivity contribution in [3.05, 3.63) is 40.1 Å². The predicted octanol–water partition coefficient (Wildman–Crippen LogP) is 1.39. The smallest absolute Gasteiger partial charge is 0.277 e. The molecule has 5 heteroatoms. The maximum Gasteiger partial charge on any atom is 0.277 e. The number of nitrogens with one attached hydrogen (secondary N) is 1. The van der Waals surface area contributed by atoms with E-state index in [2.05, 4.69) is 15.1 Å². The minimum Gasteiger partial charge on any atom is -0.292 e. The van der Waals surface area contributed by atoms with Crippen LogP contribution in [0, 0.1) is 6.92 Å². The number of hydrogen-bond acceptors (Lipinski definition) is 3.